The number of fused-ring (bicyclic) bond motifs is 1. The Morgan fingerprint density at radius 1 is 1.19 bits per heavy atom. The number of nitrogens with zero attached hydrogens (tertiary/aromatic N) is 3. The molecule has 2 aromatic carbocycles. The van der Waals surface area contributed by atoms with Crippen LogP contribution in [0.4, 0.5) is 9.52 Å². The summed E-state index contributed by atoms with van der Waals surface area (Å²) in [5.41, 5.74) is 1.58. The lowest BCUT2D eigenvalue weighted by Crippen LogP contribution is -2.44. The highest BCUT2D eigenvalue weighted by molar-refractivity contribution is 7.89. The second-order valence-corrected chi connectivity index (χ2v) is 12.0. The minimum Gasteiger partial charge on any atom is -0.467 e. The fourth-order valence-corrected chi connectivity index (χ4v) is 7.08. The number of aromatic nitrogens is 1. The van der Waals surface area contributed by atoms with Crippen LogP contribution in [0.5, 0.6) is 0 Å². The average molecular weight is 548 g/mol. The maximum atomic E-state index is 14.2. The molecule has 0 aliphatic carbocycles. The van der Waals surface area contributed by atoms with Crippen LogP contribution in [0.1, 0.15) is 24.2 Å². The summed E-state index contributed by atoms with van der Waals surface area (Å²) >= 11 is 7.66. The number of aryl methyl sites for hydroxylation is 1. The summed E-state index contributed by atoms with van der Waals surface area (Å²) in [5.74, 6) is -0.746. The lowest BCUT2D eigenvalue weighted by Gasteiger charge is -2.32. The summed E-state index contributed by atoms with van der Waals surface area (Å²) < 4.78 is 47.8. The molecule has 0 atom stereocenters. The van der Waals surface area contributed by atoms with Gasteiger partial charge in [0.05, 0.1) is 23.0 Å². The van der Waals surface area contributed by atoms with Gasteiger partial charge in [-0.1, -0.05) is 35.1 Å². The van der Waals surface area contributed by atoms with Crippen LogP contribution in [0.15, 0.2) is 64.1 Å². The molecule has 1 aliphatic heterocycles. The molecular weight excluding hydrogens is 525 g/mol. The Morgan fingerprint density at radius 3 is 2.64 bits per heavy atom. The summed E-state index contributed by atoms with van der Waals surface area (Å²) in [7, 11) is -3.99. The van der Waals surface area contributed by atoms with Crippen molar-refractivity contribution in [1.29, 1.82) is 0 Å². The van der Waals surface area contributed by atoms with E-state index in [9.17, 15) is 17.6 Å². The van der Waals surface area contributed by atoms with Crippen LogP contribution in [0, 0.1) is 18.7 Å². The first kappa shape index (κ1) is 24.9. The summed E-state index contributed by atoms with van der Waals surface area (Å²) in [6.45, 7) is 2.33. The van der Waals surface area contributed by atoms with Gasteiger partial charge in [0.25, 0.3) is 0 Å². The van der Waals surface area contributed by atoms with Crippen LogP contribution >= 0.6 is 22.9 Å². The van der Waals surface area contributed by atoms with Crippen molar-refractivity contribution in [2.75, 3.05) is 18.0 Å². The van der Waals surface area contributed by atoms with Gasteiger partial charge in [-0.3, -0.25) is 9.69 Å². The highest BCUT2D eigenvalue weighted by atomic mass is 35.5. The fraction of sp³-hybridized carbons (Fsp3) is 0.280. The summed E-state index contributed by atoms with van der Waals surface area (Å²) in [6.07, 6.45) is 2.18. The van der Waals surface area contributed by atoms with Crippen LogP contribution in [0.3, 0.4) is 0 Å². The van der Waals surface area contributed by atoms with Crippen molar-refractivity contribution in [3.8, 4) is 0 Å². The molecular formula is C25H23ClFN3O4S2. The Morgan fingerprint density at radius 2 is 1.94 bits per heavy atom. The second kappa shape index (κ2) is 9.93. The van der Waals surface area contributed by atoms with Gasteiger partial charge in [-0.2, -0.15) is 4.31 Å². The Labute approximate surface area is 217 Å². The van der Waals surface area contributed by atoms with Gasteiger partial charge in [0, 0.05) is 24.0 Å². The first-order valence-corrected chi connectivity index (χ1v) is 14.0. The number of halogens is 2. The predicted octanol–water partition coefficient (Wildman–Crippen LogP) is 5.62. The van der Waals surface area contributed by atoms with E-state index < -0.39 is 21.8 Å². The highest BCUT2D eigenvalue weighted by Gasteiger charge is 2.36. The van der Waals surface area contributed by atoms with Gasteiger partial charge in [0.1, 0.15) is 16.5 Å². The largest absolute Gasteiger partial charge is 0.467 e. The van der Waals surface area contributed by atoms with Gasteiger partial charge >= 0.3 is 0 Å². The van der Waals surface area contributed by atoms with E-state index in [-0.39, 0.29) is 30.4 Å². The van der Waals surface area contributed by atoms with E-state index in [4.69, 9.17) is 21.0 Å². The van der Waals surface area contributed by atoms with E-state index >= 15 is 0 Å². The molecule has 0 spiro atoms. The van der Waals surface area contributed by atoms with Gasteiger partial charge in [-0.25, -0.2) is 17.8 Å². The molecule has 0 radical (unpaired) electrons. The van der Waals surface area contributed by atoms with Gasteiger partial charge in [0.15, 0.2) is 5.13 Å². The number of furan rings is 1. The van der Waals surface area contributed by atoms with Crippen molar-refractivity contribution in [1.82, 2.24) is 9.29 Å². The number of piperidine rings is 1. The minimum absolute atomic E-state index is 0.121. The SMILES string of the molecule is Cc1c(Cl)ccc2sc(N(Cc3ccco3)C(=O)C3CCN(S(=O)(=O)c4ccccc4F)CC3)nc12. The zero-order valence-electron chi connectivity index (χ0n) is 19.4. The van der Waals surface area contributed by atoms with E-state index in [1.807, 2.05) is 19.1 Å². The zero-order valence-corrected chi connectivity index (χ0v) is 21.7. The molecule has 188 valence electrons. The van der Waals surface area contributed by atoms with E-state index in [0.717, 1.165) is 21.8 Å². The van der Waals surface area contributed by atoms with Crippen molar-refractivity contribution in [3.05, 3.63) is 77.0 Å². The maximum Gasteiger partial charge on any atom is 0.245 e. The number of anilines is 1. The monoisotopic (exact) mass is 547 g/mol. The molecule has 1 fully saturated rings. The van der Waals surface area contributed by atoms with Gasteiger partial charge in [-0.05, 0) is 61.7 Å². The van der Waals surface area contributed by atoms with Crippen LogP contribution in [-0.2, 0) is 21.4 Å². The first-order chi connectivity index (χ1) is 17.3. The number of amides is 1. The van der Waals surface area contributed by atoms with Gasteiger partial charge in [0.2, 0.25) is 15.9 Å². The van der Waals surface area contributed by atoms with Crippen LogP contribution in [0.2, 0.25) is 5.02 Å². The standard InChI is InChI=1S/C25H23ClFN3O4S2/c1-16-19(26)8-9-21-23(16)28-25(35-21)30(15-18-5-4-14-34-18)24(31)17-10-12-29(13-11-17)36(32,33)22-7-3-2-6-20(22)27/h2-9,14,17H,10-13,15H2,1H3. The van der Waals surface area contributed by atoms with Gasteiger partial charge in [-0.15, -0.1) is 0 Å². The Balaban J connectivity index is 1.39. The van der Waals surface area contributed by atoms with Crippen molar-refractivity contribution in [3.63, 3.8) is 0 Å². The maximum absolute atomic E-state index is 14.2. The quantitative estimate of drug-likeness (QED) is 0.313. The smallest absolute Gasteiger partial charge is 0.245 e. The molecule has 0 bridgehead atoms. The molecule has 1 amide bonds. The molecule has 7 nitrogen and oxygen atoms in total. The summed E-state index contributed by atoms with van der Waals surface area (Å²) in [4.78, 5) is 19.7. The number of hydrogen-bond acceptors (Lipinski definition) is 6. The number of carbonyl (C=O) groups is 1. The molecule has 1 aliphatic rings. The molecule has 0 N–H and O–H groups in total. The molecule has 11 heteroatoms. The fourth-order valence-electron chi connectivity index (χ4n) is 4.36. The van der Waals surface area contributed by atoms with Crippen LogP contribution in [-0.4, -0.2) is 36.7 Å². The lowest BCUT2D eigenvalue weighted by atomic mass is 9.96. The summed E-state index contributed by atoms with van der Waals surface area (Å²) in [6, 6.07) is 12.6. The van der Waals surface area contributed by atoms with Gasteiger partial charge < -0.3 is 4.42 Å². The third-order valence-corrected chi connectivity index (χ3v) is 9.77. The topological polar surface area (TPSA) is 83.7 Å². The Bertz CT molecular complexity index is 1510. The number of hydrogen-bond donors (Lipinski definition) is 0. The number of sulfonamides is 1. The Hall–Kier alpha value is -2.79. The van der Waals surface area contributed by atoms with Crippen LogP contribution < -0.4 is 4.90 Å². The third-order valence-electron chi connectivity index (χ3n) is 6.39. The number of benzene rings is 2. The number of carbonyl (C=O) groups excluding carboxylic acids is 1. The normalized spacial score (nSPS) is 15.4. The van der Waals surface area contributed by atoms with Crippen LogP contribution in [0.25, 0.3) is 10.2 Å². The Kier molecular flexibility index (Phi) is 6.86. The molecule has 3 heterocycles. The molecule has 0 saturated carbocycles. The number of rotatable bonds is 6. The zero-order chi connectivity index (χ0) is 25.4. The molecule has 0 unspecified atom stereocenters. The van der Waals surface area contributed by atoms with Crippen molar-refractivity contribution in [2.45, 2.75) is 31.2 Å². The molecule has 1 saturated heterocycles. The van der Waals surface area contributed by atoms with Crippen molar-refractivity contribution >= 4 is 54.2 Å². The molecule has 5 rings (SSSR count). The van der Waals surface area contributed by atoms with E-state index in [0.29, 0.717) is 28.8 Å². The number of thiazole rings is 1. The molecule has 4 aromatic rings. The van der Waals surface area contributed by atoms with E-state index in [1.165, 1.54) is 33.8 Å². The minimum atomic E-state index is -3.99. The van der Waals surface area contributed by atoms with E-state index in [2.05, 4.69) is 0 Å². The lowest BCUT2D eigenvalue weighted by molar-refractivity contribution is -0.123. The van der Waals surface area contributed by atoms with Crippen molar-refractivity contribution in [2.24, 2.45) is 5.92 Å². The summed E-state index contributed by atoms with van der Waals surface area (Å²) in [5, 5.41) is 1.13. The van der Waals surface area contributed by atoms with Crippen molar-refractivity contribution < 1.29 is 22.0 Å². The third kappa shape index (κ3) is 4.66. The average Bonchev–Trinajstić information content (AvgIpc) is 3.55. The highest BCUT2D eigenvalue weighted by Crippen LogP contribution is 2.36. The molecule has 36 heavy (non-hydrogen) atoms. The molecule has 2 aromatic heterocycles. The van der Waals surface area contributed by atoms with E-state index in [1.54, 1.807) is 23.3 Å². The first-order valence-electron chi connectivity index (χ1n) is 11.4. The second-order valence-electron chi connectivity index (χ2n) is 8.63. The predicted molar refractivity (Wildman–Crippen MR) is 137 cm³/mol.